The Hall–Kier alpha value is -2.48. The van der Waals surface area contributed by atoms with E-state index in [9.17, 15) is 13.2 Å². The zero-order valence-corrected chi connectivity index (χ0v) is 20.0. The summed E-state index contributed by atoms with van der Waals surface area (Å²) < 4.78 is 27.4. The minimum Gasteiger partial charge on any atom is -0.321 e. The maximum absolute atomic E-state index is 12.9. The molecule has 1 aliphatic rings. The number of aryl methyl sites for hydroxylation is 1. The van der Waals surface area contributed by atoms with Gasteiger partial charge in [0.25, 0.3) is 5.91 Å². The molecular weight excluding hydrogens is 440 g/mol. The number of piperidine rings is 1. The number of sulfonamides is 1. The zero-order valence-electron chi connectivity index (χ0n) is 18.4. The second-order valence-corrected chi connectivity index (χ2v) is 11.3. The van der Waals surface area contributed by atoms with Crippen LogP contribution in [0.15, 0.2) is 65.6 Å². The molecule has 1 N–H and O–H groups in total. The molecule has 1 saturated heterocycles. The highest BCUT2D eigenvalue weighted by molar-refractivity contribution is 7.89. The molecule has 0 bridgehead atoms. The van der Waals surface area contributed by atoms with Gasteiger partial charge < -0.3 is 5.32 Å². The van der Waals surface area contributed by atoms with E-state index in [4.69, 9.17) is 0 Å². The summed E-state index contributed by atoms with van der Waals surface area (Å²) in [6.45, 7) is 5.28. The predicted octanol–water partition coefficient (Wildman–Crippen LogP) is 5.65. The van der Waals surface area contributed by atoms with Crippen molar-refractivity contribution in [2.75, 3.05) is 18.4 Å². The van der Waals surface area contributed by atoms with Crippen LogP contribution in [-0.4, -0.2) is 31.7 Å². The molecule has 0 radical (unpaired) electrons. The highest BCUT2D eigenvalue weighted by Crippen LogP contribution is 2.33. The summed E-state index contributed by atoms with van der Waals surface area (Å²) in [5, 5.41) is 2.90. The van der Waals surface area contributed by atoms with E-state index in [2.05, 4.69) is 31.3 Å². The van der Waals surface area contributed by atoms with Gasteiger partial charge in [-0.3, -0.25) is 4.79 Å². The van der Waals surface area contributed by atoms with Gasteiger partial charge in [0.2, 0.25) is 10.0 Å². The number of rotatable bonds is 6. The molecule has 0 aliphatic carbocycles. The summed E-state index contributed by atoms with van der Waals surface area (Å²) in [5.74, 6) is 0.184. The van der Waals surface area contributed by atoms with Gasteiger partial charge in [0.15, 0.2) is 0 Å². The fourth-order valence-corrected chi connectivity index (χ4v) is 6.81. The van der Waals surface area contributed by atoms with Crippen LogP contribution in [0.25, 0.3) is 10.4 Å². The molecule has 0 saturated carbocycles. The molecule has 1 atom stereocenters. The van der Waals surface area contributed by atoms with Crippen LogP contribution in [0.5, 0.6) is 0 Å². The standard InChI is InChI=1S/C25H28N2O3S2/c1-3-19-16-23(31-24(19)20-9-5-4-6-10-20)25(28)26-21-11-13-22(14-12-21)32(29,30)27-15-7-8-18(2)17-27/h4-6,9-14,16,18H,3,7-8,15,17H2,1-2H3,(H,26,28)/t18-/m1/s1. The van der Waals surface area contributed by atoms with Gasteiger partial charge in [-0.25, -0.2) is 8.42 Å². The van der Waals surface area contributed by atoms with Crippen molar-refractivity contribution < 1.29 is 13.2 Å². The number of nitrogens with one attached hydrogen (secondary N) is 1. The second kappa shape index (κ2) is 9.57. The lowest BCUT2D eigenvalue weighted by Crippen LogP contribution is -2.39. The third-order valence-corrected chi connectivity index (χ3v) is 8.92. The van der Waals surface area contributed by atoms with Crippen molar-refractivity contribution in [1.82, 2.24) is 4.31 Å². The highest BCUT2D eigenvalue weighted by atomic mass is 32.2. The van der Waals surface area contributed by atoms with Gasteiger partial charge in [0.1, 0.15) is 0 Å². The summed E-state index contributed by atoms with van der Waals surface area (Å²) in [6.07, 6.45) is 2.79. The molecular formula is C25H28N2O3S2. The van der Waals surface area contributed by atoms with Gasteiger partial charge in [0.05, 0.1) is 9.77 Å². The van der Waals surface area contributed by atoms with Crippen LogP contribution in [0.4, 0.5) is 5.69 Å². The monoisotopic (exact) mass is 468 g/mol. The number of amides is 1. The van der Waals surface area contributed by atoms with Crippen molar-refractivity contribution in [3.05, 3.63) is 71.1 Å². The minimum absolute atomic E-state index is 0.188. The zero-order chi connectivity index (χ0) is 22.7. The third kappa shape index (κ3) is 4.80. The van der Waals surface area contributed by atoms with Crippen LogP contribution >= 0.6 is 11.3 Å². The van der Waals surface area contributed by atoms with E-state index >= 15 is 0 Å². The molecule has 168 valence electrons. The van der Waals surface area contributed by atoms with Crippen LogP contribution in [0.2, 0.25) is 0 Å². The normalized spacial score (nSPS) is 17.2. The van der Waals surface area contributed by atoms with Crippen LogP contribution in [0.1, 0.15) is 41.9 Å². The predicted molar refractivity (Wildman–Crippen MR) is 131 cm³/mol. The number of thiophene rings is 1. The van der Waals surface area contributed by atoms with E-state index in [1.165, 1.54) is 11.3 Å². The number of carbonyl (C=O) groups is 1. The quantitative estimate of drug-likeness (QED) is 0.508. The van der Waals surface area contributed by atoms with Crippen LogP contribution in [-0.2, 0) is 16.4 Å². The first-order valence-corrected chi connectivity index (χ1v) is 13.2. The van der Waals surface area contributed by atoms with Crippen molar-refractivity contribution in [2.24, 2.45) is 5.92 Å². The van der Waals surface area contributed by atoms with Crippen molar-refractivity contribution in [1.29, 1.82) is 0 Å². The maximum atomic E-state index is 12.9. The molecule has 1 amide bonds. The lowest BCUT2D eigenvalue weighted by Gasteiger charge is -2.30. The largest absolute Gasteiger partial charge is 0.321 e. The number of carbonyl (C=O) groups excluding carboxylic acids is 1. The van der Waals surface area contributed by atoms with Gasteiger partial charge in [0, 0.05) is 23.7 Å². The Bertz CT molecular complexity index is 1190. The van der Waals surface area contributed by atoms with Crippen molar-refractivity contribution in [3.63, 3.8) is 0 Å². The second-order valence-electron chi connectivity index (χ2n) is 8.27. The summed E-state index contributed by atoms with van der Waals surface area (Å²) in [4.78, 5) is 14.9. The average Bonchev–Trinajstić information content (AvgIpc) is 3.25. The van der Waals surface area contributed by atoms with E-state index in [0.717, 1.165) is 35.3 Å². The average molecular weight is 469 g/mol. The summed E-state index contributed by atoms with van der Waals surface area (Å²) in [5.41, 5.74) is 2.83. The topological polar surface area (TPSA) is 66.5 Å². The Kier molecular flexibility index (Phi) is 6.79. The van der Waals surface area contributed by atoms with E-state index in [0.29, 0.717) is 29.6 Å². The Morgan fingerprint density at radius 2 is 1.84 bits per heavy atom. The Morgan fingerprint density at radius 3 is 2.50 bits per heavy atom. The van der Waals surface area contributed by atoms with Crippen LogP contribution in [0.3, 0.4) is 0 Å². The Morgan fingerprint density at radius 1 is 1.12 bits per heavy atom. The molecule has 0 spiro atoms. The molecule has 4 rings (SSSR count). The van der Waals surface area contributed by atoms with Crippen LogP contribution < -0.4 is 5.32 Å². The first-order valence-electron chi connectivity index (χ1n) is 11.0. The van der Waals surface area contributed by atoms with E-state index in [-0.39, 0.29) is 10.8 Å². The molecule has 32 heavy (non-hydrogen) atoms. The fraction of sp³-hybridized carbons (Fsp3) is 0.320. The first-order chi connectivity index (χ1) is 15.4. The van der Waals surface area contributed by atoms with E-state index in [1.54, 1.807) is 28.6 Å². The number of anilines is 1. The maximum Gasteiger partial charge on any atom is 0.265 e. The Balaban J connectivity index is 1.49. The van der Waals surface area contributed by atoms with Crippen LogP contribution in [0, 0.1) is 5.92 Å². The molecule has 2 aromatic carbocycles. The molecule has 0 unspecified atom stereocenters. The molecule has 5 nitrogen and oxygen atoms in total. The number of benzene rings is 2. The van der Waals surface area contributed by atoms with Gasteiger partial charge in [-0.2, -0.15) is 4.31 Å². The molecule has 1 fully saturated rings. The van der Waals surface area contributed by atoms with Crippen molar-refractivity contribution in [2.45, 2.75) is 38.0 Å². The molecule has 1 aliphatic heterocycles. The minimum atomic E-state index is -3.51. The van der Waals surface area contributed by atoms with Gasteiger partial charge in [-0.05, 0) is 66.6 Å². The van der Waals surface area contributed by atoms with Crippen molar-refractivity contribution >= 4 is 33.0 Å². The summed E-state index contributed by atoms with van der Waals surface area (Å²) in [6, 6.07) is 18.5. The first kappa shape index (κ1) is 22.7. The van der Waals surface area contributed by atoms with Gasteiger partial charge in [-0.15, -0.1) is 11.3 Å². The SMILES string of the molecule is CCc1cc(C(=O)Nc2ccc(S(=O)(=O)N3CCC[C@@H](C)C3)cc2)sc1-c1ccccc1. The molecule has 3 aromatic rings. The van der Waals surface area contributed by atoms with Crippen molar-refractivity contribution in [3.8, 4) is 10.4 Å². The van der Waals surface area contributed by atoms with Gasteiger partial charge in [-0.1, -0.05) is 44.2 Å². The van der Waals surface area contributed by atoms with Gasteiger partial charge >= 0.3 is 0 Å². The lowest BCUT2D eigenvalue weighted by molar-refractivity contribution is 0.103. The molecule has 7 heteroatoms. The smallest absolute Gasteiger partial charge is 0.265 e. The molecule has 2 heterocycles. The third-order valence-electron chi connectivity index (χ3n) is 5.82. The Labute approximate surface area is 194 Å². The van der Waals surface area contributed by atoms with E-state index in [1.807, 2.05) is 24.3 Å². The highest BCUT2D eigenvalue weighted by Gasteiger charge is 2.28. The lowest BCUT2D eigenvalue weighted by atomic mass is 10.0. The fourth-order valence-electron chi connectivity index (χ4n) is 4.05. The summed E-state index contributed by atoms with van der Waals surface area (Å²) >= 11 is 1.48. The number of nitrogens with zero attached hydrogens (tertiary/aromatic N) is 1. The molecule has 1 aromatic heterocycles. The number of hydrogen-bond donors (Lipinski definition) is 1. The number of hydrogen-bond acceptors (Lipinski definition) is 4. The summed E-state index contributed by atoms with van der Waals surface area (Å²) in [7, 11) is -3.51. The van der Waals surface area contributed by atoms with E-state index < -0.39 is 10.0 Å².